The van der Waals surface area contributed by atoms with E-state index in [9.17, 15) is 4.79 Å². The third-order valence-electron chi connectivity index (χ3n) is 6.26. The maximum Gasteiger partial charge on any atom is 0.407 e. The van der Waals surface area contributed by atoms with Gasteiger partial charge in [0.25, 0.3) is 0 Å². The summed E-state index contributed by atoms with van der Waals surface area (Å²) in [6, 6.07) is 9.19. The first-order valence-electron chi connectivity index (χ1n) is 11.8. The van der Waals surface area contributed by atoms with Gasteiger partial charge in [-0.15, -0.1) is 0 Å². The van der Waals surface area contributed by atoms with Crippen LogP contribution in [0.25, 0.3) is 0 Å². The number of piperidine rings is 1. The summed E-state index contributed by atoms with van der Waals surface area (Å²) >= 11 is 0. The van der Waals surface area contributed by atoms with Gasteiger partial charge in [-0.25, -0.2) is 4.79 Å². The Labute approximate surface area is 182 Å². The highest BCUT2D eigenvalue weighted by molar-refractivity contribution is 5.68. The molecule has 1 aromatic carbocycles. The quantitative estimate of drug-likeness (QED) is 0.651. The molecule has 0 spiro atoms. The molecule has 1 saturated heterocycles. The predicted molar refractivity (Wildman–Crippen MR) is 125 cm³/mol. The van der Waals surface area contributed by atoms with Crippen LogP contribution >= 0.6 is 0 Å². The van der Waals surface area contributed by atoms with Crippen LogP contribution in [-0.2, 0) is 4.74 Å². The van der Waals surface area contributed by atoms with Gasteiger partial charge in [0.15, 0.2) is 0 Å². The van der Waals surface area contributed by atoms with Crippen LogP contribution < -0.4 is 15.5 Å². The van der Waals surface area contributed by atoms with Crippen LogP contribution in [0.3, 0.4) is 0 Å². The Morgan fingerprint density at radius 2 is 1.63 bits per heavy atom. The number of amides is 1. The van der Waals surface area contributed by atoms with Gasteiger partial charge >= 0.3 is 6.09 Å². The minimum Gasteiger partial charge on any atom is -0.444 e. The van der Waals surface area contributed by atoms with Gasteiger partial charge in [0.05, 0.1) is 0 Å². The van der Waals surface area contributed by atoms with Crippen LogP contribution in [0.5, 0.6) is 0 Å². The van der Waals surface area contributed by atoms with Crippen LogP contribution in [0.2, 0.25) is 0 Å². The van der Waals surface area contributed by atoms with Gasteiger partial charge in [0.1, 0.15) is 5.60 Å². The van der Waals surface area contributed by atoms with E-state index in [0.29, 0.717) is 5.92 Å². The summed E-state index contributed by atoms with van der Waals surface area (Å²) in [4.78, 5) is 14.5. The number of rotatable bonds is 5. The third-order valence-corrected chi connectivity index (χ3v) is 6.26. The fraction of sp³-hybridized carbons (Fsp3) is 0.720. The number of ether oxygens (including phenoxy) is 1. The average molecular weight is 416 g/mol. The highest BCUT2D eigenvalue weighted by Gasteiger charge is 2.25. The van der Waals surface area contributed by atoms with Crippen molar-refractivity contribution in [2.24, 2.45) is 17.8 Å². The molecule has 1 aliphatic carbocycles. The van der Waals surface area contributed by atoms with Gasteiger partial charge < -0.3 is 20.3 Å². The molecule has 1 aromatic rings. The van der Waals surface area contributed by atoms with Crippen molar-refractivity contribution in [3.63, 3.8) is 0 Å². The number of nitrogens with zero attached hydrogens (tertiary/aromatic N) is 1. The summed E-state index contributed by atoms with van der Waals surface area (Å²) in [5.41, 5.74) is 2.10. The molecule has 5 nitrogen and oxygen atoms in total. The Bertz CT molecular complexity index is 665. The molecular formula is C25H41N3O2. The van der Waals surface area contributed by atoms with Gasteiger partial charge in [0, 0.05) is 37.1 Å². The molecule has 1 heterocycles. The Balaban J connectivity index is 1.39. The lowest BCUT2D eigenvalue weighted by Gasteiger charge is -2.36. The van der Waals surface area contributed by atoms with Crippen molar-refractivity contribution in [3.8, 4) is 0 Å². The zero-order valence-corrected chi connectivity index (χ0v) is 19.5. The van der Waals surface area contributed by atoms with Crippen molar-refractivity contribution in [2.45, 2.75) is 78.4 Å². The standard InChI is InChI=1S/C25H41N3O2/c1-18-14-19(2)17-28(16-18)23-12-10-21(11-13-23)26-15-20-6-8-22(9-7-20)27-24(29)30-25(3,4)5/h10-13,18-20,22,26H,6-9,14-17H2,1-5H3,(H,27,29). The first-order chi connectivity index (χ1) is 14.2. The van der Waals surface area contributed by atoms with Crippen LogP contribution in [0.15, 0.2) is 24.3 Å². The summed E-state index contributed by atoms with van der Waals surface area (Å²) < 4.78 is 5.37. The van der Waals surface area contributed by atoms with E-state index in [1.165, 1.54) is 17.8 Å². The fourth-order valence-electron chi connectivity index (χ4n) is 4.91. The number of carbonyl (C=O) groups is 1. The molecule has 30 heavy (non-hydrogen) atoms. The molecule has 2 aliphatic rings. The number of alkyl carbamates (subject to hydrolysis) is 1. The Kier molecular flexibility index (Phi) is 7.54. The molecule has 168 valence electrons. The normalized spacial score (nSPS) is 27.4. The lowest BCUT2D eigenvalue weighted by atomic mass is 9.86. The summed E-state index contributed by atoms with van der Waals surface area (Å²) in [6.07, 6.45) is 5.36. The third kappa shape index (κ3) is 7.10. The second-order valence-electron chi connectivity index (χ2n) is 10.6. The molecule has 5 heteroatoms. The topological polar surface area (TPSA) is 53.6 Å². The molecule has 0 aromatic heterocycles. The van der Waals surface area contributed by atoms with Gasteiger partial charge in [-0.1, -0.05) is 13.8 Å². The maximum atomic E-state index is 11.9. The van der Waals surface area contributed by atoms with E-state index < -0.39 is 5.60 Å². The van der Waals surface area contributed by atoms with Gasteiger partial charge in [-0.2, -0.15) is 0 Å². The van der Waals surface area contributed by atoms with Crippen LogP contribution in [0.4, 0.5) is 16.2 Å². The monoisotopic (exact) mass is 415 g/mol. The van der Waals surface area contributed by atoms with Gasteiger partial charge in [0.2, 0.25) is 0 Å². The van der Waals surface area contributed by atoms with Gasteiger partial charge in [-0.3, -0.25) is 0 Å². The Morgan fingerprint density at radius 1 is 1.03 bits per heavy atom. The molecule has 2 N–H and O–H groups in total. The van der Waals surface area contributed by atoms with E-state index in [4.69, 9.17) is 4.74 Å². The summed E-state index contributed by atoms with van der Waals surface area (Å²) in [6.45, 7) is 13.7. The molecular weight excluding hydrogens is 374 g/mol. The first-order valence-corrected chi connectivity index (χ1v) is 11.8. The molecule has 3 rings (SSSR count). The minimum atomic E-state index is -0.439. The van der Waals surface area contributed by atoms with E-state index in [-0.39, 0.29) is 12.1 Å². The SMILES string of the molecule is CC1CC(C)CN(c2ccc(NCC3CCC(NC(=O)OC(C)(C)C)CC3)cc2)C1. The van der Waals surface area contributed by atoms with Crippen molar-refractivity contribution in [3.05, 3.63) is 24.3 Å². The van der Waals surface area contributed by atoms with Crippen molar-refractivity contribution >= 4 is 17.5 Å². The minimum absolute atomic E-state index is 0.240. The van der Waals surface area contributed by atoms with Crippen molar-refractivity contribution in [1.29, 1.82) is 0 Å². The first kappa shape index (κ1) is 22.8. The Hall–Kier alpha value is -1.91. The molecule has 2 atom stereocenters. The van der Waals surface area contributed by atoms with Crippen LogP contribution in [0.1, 0.15) is 66.7 Å². The highest BCUT2D eigenvalue weighted by atomic mass is 16.6. The number of carbonyl (C=O) groups excluding carboxylic acids is 1. The lowest BCUT2D eigenvalue weighted by Crippen LogP contribution is -2.41. The van der Waals surface area contributed by atoms with E-state index in [0.717, 1.165) is 57.2 Å². The molecule has 1 saturated carbocycles. The van der Waals surface area contributed by atoms with Gasteiger partial charge in [-0.05, 0) is 94.9 Å². The predicted octanol–water partition coefficient (Wildman–Crippen LogP) is 5.66. The number of hydrogen-bond donors (Lipinski definition) is 2. The smallest absolute Gasteiger partial charge is 0.407 e. The second-order valence-corrected chi connectivity index (χ2v) is 10.6. The number of benzene rings is 1. The summed E-state index contributed by atoms with van der Waals surface area (Å²) in [7, 11) is 0. The number of anilines is 2. The molecule has 2 unspecified atom stereocenters. The Morgan fingerprint density at radius 3 is 2.20 bits per heavy atom. The molecule has 1 aliphatic heterocycles. The fourth-order valence-corrected chi connectivity index (χ4v) is 4.91. The number of hydrogen-bond acceptors (Lipinski definition) is 4. The average Bonchev–Trinajstić information content (AvgIpc) is 2.65. The maximum absolute atomic E-state index is 11.9. The summed E-state index contributed by atoms with van der Waals surface area (Å²) in [5.74, 6) is 2.20. The van der Waals surface area contributed by atoms with E-state index in [2.05, 4.69) is 53.6 Å². The summed E-state index contributed by atoms with van der Waals surface area (Å²) in [5, 5.41) is 6.65. The zero-order valence-electron chi connectivity index (χ0n) is 19.5. The van der Waals surface area contributed by atoms with E-state index >= 15 is 0 Å². The van der Waals surface area contributed by atoms with Crippen LogP contribution in [-0.4, -0.2) is 37.4 Å². The number of nitrogens with one attached hydrogen (secondary N) is 2. The molecule has 0 radical (unpaired) electrons. The zero-order chi connectivity index (χ0) is 21.7. The molecule has 0 bridgehead atoms. The molecule has 2 fully saturated rings. The highest BCUT2D eigenvalue weighted by Crippen LogP contribution is 2.28. The second kappa shape index (κ2) is 9.93. The lowest BCUT2D eigenvalue weighted by molar-refractivity contribution is 0.0488. The van der Waals surface area contributed by atoms with Crippen LogP contribution in [0, 0.1) is 17.8 Å². The molecule has 1 amide bonds. The van der Waals surface area contributed by atoms with E-state index in [1.807, 2.05) is 20.8 Å². The van der Waals surface area contributed by atoms with Crippen molar-refractivity contribution in [1.82, 2.24) is 5.32 Å². The van der Waals surface area contributed by atoms with E-state index in [1.54, 1.807) is 0 Å². The van der Waals surface area contributed by atoms with Crippen molar-refractivity contribution < 1.29 is 9.53 Å². The largest absolute Gasteiger partial charge is 0.444 e. The van der Waals surface area contributed by atoms with Crippen molar-refractivity contribution in [2.75, 3.05) is 29.9 Å².